The van der Waals surface area contributed by atoms with Crippen molar-refractivity contribution in [2.24, 2.45) is 11.8 Å². The molecule has 1 aromatic rings. The molecule has 1 saturated carbocycles. The highest BCUT2D eigenvalue weighted by Crippen LogP contribution is 2.35. The summed E-state index contributed by atoms with van der Waals surface area (Å²) in [5.41, 5.74) is 0.976. The predicted molar refractivity (Wildman–Crippen MR) is 93.6 cm³/mol. The van der Waals surface area contributed by atoms with E-state index in [2.05, 4.69) is 4.90 Å². The lowest BCUT2D eigenvalue weighted by molar-refractivity contribution is -0.00648. The lowest BCUT2D eigenvalue weighted by atomic mass is 9.75. The van der Waals surface area contributed by atoms with E-state index in [1.54, 1.807) is 0 Å². The van der Waals surface area contributed by atoms with Crippen LogP contribution >= 0.6 is 11.6 Å². The van der Waals surface area contributed by atoms with Gasteiger partial charge in [0.05, 0.1) is 19.3 Å². The zero-order valence-corrected chi connectivity index (χ0v) is 14.5. The van der Waals surface area contributed by atoms with Gasteiger partial charge in [-0.2, -0.15) is 0 Å². The van der Waals surface area contributed by atoms with Gasteiger partial charge in [-0.25, -0.2) is 0 Å². The van der Waals surface area contributed by atoms with Gasteiger partial charge >= 0.3 is 0 Å². The molecule has 1 saturated heterocycles. The summed E-state index contributed by atoms with van der Waals surface area (Å²) in [5, 5.41) is 11.0. The second-order valence-corrected chi connectivity index (χ2v) is 7.52. The molecule has 1 aromatic carbocycles. The number of likely N-dealkylation sites (tertiary alicyclic amines) is 1. The number of hydrogen-bond donors (Lipinski definition) is 1. The maximum Gasteiger partial charge on any atom is 0.0900 e. The molecular weight excluding hydrogens is 310 g/mol. The zero-order valence-electron chi connectivity index (χ0n) is 13.8. The van der Waals surface area contributed by atoms with Crippen LogP contribution in [0.5, 0.6) is 0 Å². The van der Waals surface area contributed by atoms with Gasteiger partial charge in [-0.1, -0.05) is 49.1 Å². The fourth-order valence-electron chi connectivity index (χ4n) is 4.11. The smallest absolute Gasteiger partial charge is 0.0900 e. The monoisotopic (exact) mass is 337 g/mol. The maximum atomic E-state index is 10.2. The molecule has 1 heterocycles. The van der Waals surface area contributed by atoms with Gasteiger partial charge < -0.3 is 14.7 Å². The third kappa shape index (κ3) is 4.93. The lowest BCUT2D eigenvalue weighted by Gasteiger charge is -2.41. The van der Waals surface area contributed by atoms with E-state index >= 15 is 0 Å². The molecule has 1 aliphatic carbocycles. The second kappa shape index (κ2) is 8.48. The number of aliphatic hydroxyl groups excluding tert-OH is 1. The zero-order chi connectivity index (χ0) is 16.1. The maximum absolute atomic E-state index is 10.2. The van der Waals surface area contributed by atoms with E-state index in [0.717, 1.165) is 42.1 Å². The topological polar surface area (TPSA) is 32.7 Å². The van der Waals surface area contributed by atoms with Crippen molar-refractivity contribution >= 4 is 11.6 Å². The number of rotatable bonds is 6. The molecule has 128 valence electrons. The Hall–Kier alpha value is -0.610. The van der Waals surface area contributed by atoms with Crippen molar-refractivity contribution in [1.29, 1.82) is 0 Å². The highest BCUT2D eigenvalue weighted by molar-refractivity contribution is 6.31. The van der Waals surface area contributed by atoms with E-state index < -0.39 is 6.10 Å². The number of benzene rings is 1. The highest BCUT2D eigenvalue weighted by atomic mass is 35.5. The number of fused-ring (bicyclic) bond motifs is 1. The van der Waals surface area contributed by atoms with Crippen LogP contribution < -0.4 is 0 Å². The minimum absolute atomic E-state index is 0.371. The molecule has 1 aliphatic heterocycles. The molecule has 2 fully saturated rings. The first kappa shape index (κ1) is 17.2. The van der Waals surface area contributed by atoms with Crippen molar-refractivity contribution in [3.05, 3.63) is 34.9 Å². The molecule has 3 atom stereocenters. The summed E-state index contributed by atoms with van der Waals surface area (Å²) >= 11 is 6.11. The molecular formula is C19H28ClNO2. The average molecular weight is 338 g/mol. The normalized spacial score (nSPS) is 26.7. The van der Waals surface area contributed by atoms with Crippen molar-refractivity contribution in [1.82, 2.24) is 4.90 Å². The summed E-state index contributed by atoms with van der Waals surface area (Å²) in [6.45, 7) is 3.85. The van der Waals surface area contributed by atoms with Crippen LogP contribution in [0.25, 0.3) is 0 Å². The first-order valence-corrected chi connectivity index (χ1v) is 9.31. The molecule has 0 unspecified atom stereocenters. The van der Waals surface area contributed by atoms with Gasteiger partial charge in [0.2, 0.25) is 0 Å². The summed E-state index contributed by atoms with van der Waals surface area (Å²) in [5.74, 6) is 1.79. The SMILES string of the molecule is O[C@H](COCc1ccccc1Cl)CN1CC[C@@H]2CCCC[C@@H]2C1. The highest BCUT2D eigenvalue weighted by Gasteiger charge is 2.31. The van der Waals surface area contributed by atoms with Crippen LogP contribution in [-0.2, 0) is 11.3 Å². The molecule has 0 amide bonds. The van der Waals surface area contributed by atoms with Crippen LogP contribution in [0, 0.1) is 11.8 Å². The molecule has 0 spiro atoms. The predicted octanol–water partition coefficient (Wildman–Crippen LogP) is 3.73. The minimum atomic E-state index is -0.419. The van der Waals surface area contributed by atoms with Gasteiger partial charge in [0.15, 0.2) is 0 Å². The van der Waals surface area contributed by atoms with E-state index in [1.807, 2.05) is 24.3 Å². The van der Waals surface area contributed by atoms with E-state index in [4.69, 9.17) is 16.3 Å². The molecule has 1 N–H and O–H groups in total. The van der Waals surface area contributed by atoms with Crippen LogP contribution in [-0.4, -0.2) is 42.4 Å². The first-order valence-electron chi connectivity index (χ1n) is 8.94. The summed E-state index contributed by atoms with van der Waals surface area (Å²) in [7, 11) is 0. The molecule has 0 aromatic heterocycles. The van der Waals surface area contributed by atoms with Crippen LogP contribution in [0.3, 0.4) is 0 Å². The van der Waals surface area contributed by atoms with Gasteiger partial charge in [-0.05, 0) is 42.9 Å². The number of nitrogens with zero attached hydrogens (tertiary/aromatic N) is 1. The molecule has 0 bridgehead atoms. The van der Waals surface area contributed by atoms with Gasteiger partial charge in [-0.3, -0.25) is 0 Å². The fourth-order valence-corrected chi connectivity index (χ4v) is 4.30. The van der Waals surface area contributed by atoms with Gasteiger partial charge in [-0.15, -0.1) is 0 Å². The van der Waals surface area contributed by atoms with Crippen molar-refractivity contribution in [3.8, 4) is 0 Å². The van der Waals surface area contributed by atoms with E-state index in [-0.39, 0.29) is 0 Å². The Kier molecular flexibility index (Phi) is 6.35. The third-order valence-corrected chi connectivity index (χ3v) is 5.74. The Balaban J connectivity index is 1.38. The molecule has 4 heteroatoms. The molecule has 0 radical (unpaired) electrons. The first-order chi connectivity index (χ1) is 11.2. The van der Waals surface area contributed by atoms with E-state index in [1.165, 1.54) is 32.1 Å². The minimum Gasteiger partial charge on any atom is -0.389 e. The van der Waals surface area contributed by atoms with Gasteiger partial charge in [0, 0.05) is 18.1 Å². The molecule has 23 heavy (non-hydrogen) atoms. The van der Waals surface area contributed by atoms with E-state index in [0.29, 0.717) is 13.2 Å². The standard InChI is InChI=1S/C19H28ClNO2/c20-19-8-4-3-7-17(19)13-23-14-18(22)12-21-10-9-15-5-1-2-6-16(15)11-21/h3-4,7-8,15-16,18,22H,1-2,5-6,9-14H2/t15-,16+,18-/m0/s1. The average Bonchev–Trinajstić information content (AvgIpc) is 2.56. The largest absolute Gasteiger partial charge is 0.389 e. The van der Waals surface area contributed by atoms with Crippen LogP contribution in [0.2, 0.25) is 5.02 Å². The van der Waals surface area contributed by atoms with Crippen LogP contribution in [0.15, 0.2) is 24.3 Å². The number of hydrogen-bond acceptors (Lipinski definition) is 3. The Bertz CT molecular complexity index is 496. The third-order valence-electron chi connectivity index (χ3n) is 5.37. The summed E-state index contributed by atoms with van der Waals surface area (Å²) < 4.78 is 5.65. The fraction of sp³-hybridized carbons (Fsp3) is 0.684. The number of aliphatic hydroxyl groups is 1. The Morgan fingerprint density at radius 3 is 2.78 bits per heavy atom. The van der Waals surface area contributed by atoms with Crippen LogP contribution in [0.1, 0.15) is 37.7 Å². The van der Waals surface area contributed by atoms with E-state index in [9.17, 15) is 5.11 Å². The lowest BCUT2D eigenvalue weighted by Crippen LogP contribution is -2.45. The van der Waals surface area contributed by atoms with Crippen LogP contribution in [0.4, 0.5) is 0 Å². The van der Waals surface area contributed by atoms with Crippen molar-refractivity contribution in [2.45, 2.75) is 44.8 Å². The molecule has 3 rings (SSSR count). The molecule has 3 nitrogen and oxygen atoms in total. The summed E-state index contributed by atoms with van der Waals surface area (Å²) in [4.78, 5) is 2.43. The Morgan fingerprint density at radius 2 is 1.96 bits per heavy atom. The van der Waals surface area contributed by atoms with Crippen molar-refractivity contribution < 1.29 is 9.84 Å². The number of halogens is 1. The van der Waals surface area contributed by atoms with Crippen molar-refractivity contribution in [2.75, 3.05) is 26.2 Å². The second-order valence-electron chi connectivity index (χ2n) is 7.11. The molecule has 2 aliphatic rings. The van der Waals surface area contributed by atoms with Crippen molar-refractivity contribution in [3.63, 3.8) is 0 Å². The Labute approximate surface area is 144 Å². The van der Waals surface area contributed by atoms with Gasteiger partial charge in [0.1, 0.15) is 0 Å². The number of β-amino-alcohol motifs (C(OH)–C–C–N with tert-alkyl or cyclic N) is 1. The Morgan fingerprint density at radius 1 is 1.17 bits per heavy atom. The summed E-state index contributed by atoms with van der Waals surface area (Å²) in [6, 6.07) is 7.69. The number of ether oxygens (including phenoxy) is 1. The summed E-state index contributed by atoms with van der Waals surface area (Å²) in [6.07, 6.45) is 6.48. The quantitative estimate of drug-likeness (QED) is 0.858. The van der Waals surface area contributed by atoms with Gasteiger partial charge in [0.25, 0.3) is 0 Å². The number of piperidine rings is 1.